The largest absolute Gasteiger partial charge is 0.331 e. The molecule has 1 amide bonds. The number of anilines is 1. The third kappa shape index (κ3) is 3.35. The second kappa shape index (κ2) is 6.92. The van der Waals surface area contributed by atoms with Gasteiger partial charge in [-0.2, -0.15) is 5.10 Å². The van der Waals surface area contributed by atoms with Crippen molar-refractivity contribution in [3.63, 3.8) is 0 Å². The van der Waals surface area contributed by atoms with Crippen LogP contribution in [-0.2, 0) is 18.4 Å². The molecular formula is C19H24N6O. The van der Waals surface area contributed by atoms with Gasteiger partial charge in [-0.25, -0.2) is 4.98 Å². The number of hydrogen-bond acceptors (Lipinski definition) is 4. The zero-order valence-corrected chi connectivity index (χ0v) is 15.2. The highest BCUT2D eigenvalue weighted by Crippen LogP contribution is 2.21. The van der Waals surface area contributed by atoms with E-state index in [1.54, 1.807) is 6.20 Å². The Labute approximate surface area is 152 Å². The van der Waals surface area contributed by atoms with Crippen LogP contribution in [0.2, 0.25) is 0 Å². The van der Waals surface area contributed by atoms with Crippen LogP contribution in [-0.4, -0.2) is 49.3 Å². The van der Waals surface area contributed by atoms with E-state index >= 15 is 0 Å². The highest BCUT2D eigenvalue weighted by Gasteiger charge is 2.26. The number of nitrogens with one attached hydrogen (secondary N) is 1. The Bertz CT molecular complexity index is 914. The molecule has 26 heavy (non-hydrogen) atoms. The first-order valence-corrected chi connectivity index (χ1v) is 9.04. The van der Waals surface area contributed by atoms with Gasteiger partial charge in [0.15, 0.2) is 0 Å². The number of rotatable bonds is 5. The molecule has 4 rings (SSSR count). The molecule has 1 atom stereocenters. The Balaban J connectivity index is 1.40. The Morgan fingerprint density at radius 3 is 3.08 bits per heavy atom. The van der Waals surface area contributed by atoms with Crippen molar-refractivity contribution in [2.24, 2.45) is 7.05 Å². The highest BCUT2D eigenvalue weighted by molar-refractivity contribution is 5.94. The number of aromatic nitrogens is 4. The van der Waals surface area contributed by atoms with Gasteiger partial charge in [-0.15, -0.1) is 0 Å². The van der Waals surface area contributed by atoms with Gasteiger partial charge in [-0.05, 0) is 50.6 Å². The van der Waals surface area contributed by atoms with Crippen LogP contribution in [0.5, 0.6) is 0 Å². The average Bonchev–Trinajstić information content (AvgIpc) is 3.32. The average molecular weight is 352 g/mol. The second-order valence-corrected chi connectivity index (χ2v) is 6.96. The number of likely N-dealkylation sites (tertiary alicyclic amines) is 1. The molecule has 1 fully saturated rings. The molecule has 0 unspecified atom stereocenters. The van der Waals surface area contributed by atoms with Crippen molar-refractivity contribution in [3.8, 4) is 0 Å². The second-order valence-electron chi connectivity index (χ2n) is 6.96. The fourth-order valence-corrected chi connectivity index (χ4v) is 3.72. The van der Waals surface area contributed by atoms with Crippen LogP contribution in [0.1, 0.15) is 18.7 Å². The fourth-order valence-electron chi connectivity index (χ4n) is 3.72. The number of nitrogens with zero attached hydrogens (tertiary/aromatic N) is 5. The minimum atomic E-state index is 0.0179. The molecule has 0 aliphatic carbocycles. The van der Waals surface area contributed by atoms with Crippen LogP contribution in [0.3, 0.4) is 0 Å². The number of aryl methyl sites for hydroxylation is 2. The van der Waals surface area contributed by atoms with E-state index < -0.39 is 0 Å². The number of imidazole rings is 1. The molecule has 7 heteroatoms. The summed E-state index contributed by atoms with van der Waals surface area (Å²) < 4.78 is 3.99. The third-order valence-corrected chi connectivity index (χ3v) is 5.19. The molecular weight excluding hydrogens is 328 g/mol. The van der Waals surface area contributed by atoms with Crippen molar-refractivity contribution in [2.45, 2.75) is 32.4 Å². The lowest BCUT2D eigenvalue weighted by Crippen LogP contribution is -2.39. The zero-order valence-electron chi connectivity index (χ0n) is 15.2. The predicted octanol–water partition coefficient (Wildman–Crippen LogP) is 2.18. The van der Waals surface area contributed by atoms with Gasteiger partial charge in [0.2, 0.25) is 5.91 Å². The van der Waals surface area contributed by atoms with Gasteiger partial charge in [0.25, 0.3) is 0 Å². The van der Waals surface area contributed by atoms with Crippen molar-refractivity contribution < 1.29 is 4.79 Å². The molecule has 0 spiro atoms. The molecule has 1 aromatic carbocycles. The van der Waals surface area contributed by atoms with Gasteiger partial charge in [-0.3, -0.25) is 14.4 Å². The highest BCUT2D eigenvalue weighted by atomic mass is 16.2. The number of benzene rings is 1. The predicted molar refractivity (Wildman–Crippen MR) is 101 cm³/mol. The maximum absolute atomic E-state index is 12.5. The van der Waals surface area contributed by atoms with Gasteiger partial charge >= 0.3 is 0 Å². The zero-order chi connectivity index (χ0) is 18.1. The van der Waals surface area contributed by atoms with Crippen LogP contribution >= 0.6 is 0 Å². The number of amides is 1. The van der Waals surface area contributed by atoms with E-state index in [9.17, 15) is 4.79 Å². The maximum atomic E-state index is 12.5. The molecule has 7 nitrogen and oxygen atoms in total. The summed E-state index contributed by atoms with van der Waals surface area (Å²) in [7, 11) is 2.00. The van der Waals surface area contributed by atoms with Crippen molar-refractivity contribution >= 4 is 22.6 Å². The monoisotopic (exact) mass is 352 g/mol. The van der Waals surface area contributed by atoms with E-state index in [-0.39, 0.29) is 5.91 Å². The molecule has 0 radical (unpaired) electrons. The lowest BCUT2D eigenvalue weighted by atomic mass is 10.2. The van der Waals surface area contributed by atoms with Gasteiger partial charge in [0.1, 0.15) is 5.82 Å². The van der Waals surface area contributed by atoms with E-state index in [1.807, 2.05) is 53.7 Å². The summed E-state index contributed by atoms with van der Waals surface area (Å²) in [5.41, 5.74) is 2.77. The number of hydrogen-bond donors (Lipinski definition) is 1. The van der Waals surface area contributed by atoms with Crippen LogP contribution in [0.15, 0.2) is 36.7 Å². The van der Waals surface area contributed by atoms with Crippen molar-refractivity contribution in [1.29, 1.82) is 0 Å². The Hall–Kier alpha value is -2.67. The van der Waals surface area contributed by atoms with Gasteiger partial charge in [0.05, 0.1) is 24.1 Å². The van der Waals surface area contributed by atoms with E-state index in [0.717, 1.165) is 48.5 Å². The number of carbonyl (C=O) groups excluding carboxylic acids is 1. The van der Waals surface area contributed by atoms with E-state index in [4.69, 9.17) is 0 Å². The van der Waals surface area contributed by atoms with E-state index in [1.165, 1.54) is 0 Å². The lowest BCUT2D eigenvalue weighted by Gasteiger charge is -2.23. The normalized spacial score (nSPS) is 17.8. The Morgan fingerprint density at radius 2 is 2.27 bits per heavy atom. The molecule has 3 heterocycles. The van der Waals surface area contributed by atoms with Crippen LogP contribution < -0.4 is 5.32 Å². The summed E-state index contributed by atoms with van der Waals surface area (Å²) in [6.45, 7) is 4.17. The maximum Gasteiger partial charge on any atom is 0.238 e. The van der Waals surface area contributed by atoms with Crippen LogP contribution in [0, 0.1) is 6.92 Å². The first-order valence-electron chi connectivity index (χ1n) is 9.04. The lowest BCUT2D eigenvalue weighted by molar-refractivity contribution is -0.117. The molecule has 0 bridgehead atoms. The minimum absolute atomic E-state index is 0.0179. The summed E-state index contributed by atoms with van der Waals surface area (Å²) >= 11 is 0. The fraction of sp³-hybridized carbons (Fsp3) is 0.421. The van der Waals surface area contributed by atoms with Gasteiger partial charge < -0.3 is 9.88 Å². The van der Waals surface area contributed by atoms with Crippen molar-refractivity contribution in [3.05, 3.63) is 42.5 Å². The van der Waals surface area contributed by atoms with E-state index in [0.29, 0.717) is 12.6 Å². The van der Waals surface area contributed by atoms with Crippen LogP contribution in [0.25, 0.3) is 11.0 Å². The molecule has 1 saturated heterocycles. The van der Waals surface area contributed by atoms with E-state index in [2.05, 4.69) is 20.3 Å². The first kappa shape index (κ1) is 16.8. The summed E-state index contributed by atoms with van der Waals surface area (Å²) in [5.74, 6) is 0.978. The molecule has 1 aliphatic rings. The number of fused-ring (bicyclic) bond motifs is 1. The standard InChI is InChI=1S/C19H24N6O/c1-14-21-17-11-15(6-7-18(17)23(14)2)22-19(26)13-24-9-3-5-16(24)12-25-10-4-8-20-25/h4,6-8,10-11,16H,3,5,9,12-13H2,1-2H3,(H,22,26)/t16-/m1/s1. The topological polar surface area (TPSA) is 68.0 Å². The minimum Gasteiger partial charge on any atom is -0.331 e. The molecule has 0 saturated carbocycles. The Kier molecular flexibility index (Phi) is 4.46. The van der Waals surface area contributed by atoms with Crippen LogP contribution in [0.4, 0.5) is 5.69 Å². The molecule has 1 N–H and O–H groups in total. The SMILES string of the molecule is Cc1nc2cc(NC(=O)CN3CCC[C@@H]3Cn3cccn3)ccc2n1C. The van der Waals surface area contributed by atoms with Gasteiger partial charge in [-0.1, -0.05) is 0 Å². The number of carbonyl (C=O) groups is 1. The third-order valence-electron chi connectivity index (χ3n) is 5.19. The quantitative estimate of drug-likeness (QED) is 0.764. The molecule has 2 aromatic heterocycles. The van der Waals surface area contributed by atoms with Crippen molar-refractivity contribution in [2.75, 3.05) is 18.4 Å². The summed E-state index contributed by atoms with van der Waals surface area (Å²) in [4.78, 5) is 19.3. The molecule has 3 aromatic rings. The van der Waals surface area contributed by atoms with Gasteiger partial charge in [0, 0.05) is 31.2 Å². The summed E-state index contributed by atoms with van der Waals surface area (Å²) in [5, 5.41) is 7.30. The first-order chi connectivity index (χ1) is 12.6. The molecule has 136 valence electrons. The molecule has 1 aliphatic heterocycles. The summed E-state index contributed by atoms with van der Waals surface area (Å²) in [6, 6.07) is 8.17. The summed E-state index contributed by atoms with van der Waals surface area (Å²) in [6.07, 6.45) is 5.99. The van der Waals surface area contributed by atoms with Crippen molar-refractivity contribution in [1.82, 2.24) is 24.2 Å². The Morgan fingerprint density at radius 1 is 1.38 bits per heavy atom. The smallest absolute Gasteiger partial charge is 0.238 e.